The van der Waals surface area contributed by atoms with Gasteiger partial charge in [-0.3, -0.25) is 0 Å². The molecule has 1 aromatic rings. The number of rotatable bonds is 3. The average Bonchev–Trinajstić information content (AvgIpc) is 2.32. The average molecular weight is 249 g/mol. The molecule has 3 nitrogen and oxygen atoms in total. The molecule has 1 aliphatic rings. The maximum absolute atomic E-state index is 9.97. The summed E-state index contributed by atoms with van der Waals surface area (Å²) in [6.45, 7) is 3.99. The molecule has 1 saturated carbocycles. The maximum atomic E-state index is 9.97. The highest BCUT2D eigenvalue weighted by Gasteiger charge is 2.25. The maximum Gasteiger partial charge on any atom is 0.124 e. The summed E-state index contributed by atoms with van der Waals surface area (Å²) in [5.41, 5.74) is 8.13. The molecule has 18 heavy (non-hydrogen) atoms. The van der Waals surface area contributed by atoms with Gasteiger partial charge in [-0.25, -0.2) is 0 Å². The van der Waals surface area contributed by atoms with Crippen LogP contribution in [0.3, 0.4) is 0 Å². The Labute approximate surface area is 109 Å². The van der Waals surface area contributed by atoms with Crippen molar-refractivity contribution in [2.45, 2.75) is 57.8 Å². The fourth-order valence-corrected chi connectivity index (χ4v) is 2.50. The third kappa shape index (κ3) is 3.03. The number of benzene rings is 1. The predicted octanol–water partition coefficient (Wildman–Crippen LogP) is 2.70. The second-order valence-corrected chi connectivity index (χ2v) is 5.34. The zero-order valence-electron chi connectivity index (χ0n) is 11.2. The Kier molecular flexibility index (Phi) is 4.25. The molecule has 0 aliphatic heterocycles. The van der Waals surface area contributed by atoms with Gasteiger partial charge in [0, 0.05) is 11.6 Å². The van der Waals surface area contributed by atoms with Crippen LogP contribution in [0.25, 0.3) is 0 Å². The lowest BCUT2D eigenvalue weighted by Gasteiger charge is -2.29. The van der Waals surface area contributed by atoms with Crippen LogP contribution in [0.1, 0.15) is 49.8 Å². The van der Waals surface area contributed by atoms with Gasteiger partial charge >= 0.3 is 0 Å². The zero-order valence-corrected chi connectivity index (χ0v) is 11.2. The van der Waals surface area contributed by atoms with Gasteiger partial charge in [0.15, 0.2) is 0 Å². The third-order valence-corrected chi connectivity index (χ3v) is 3.61. The quantitative estimate of drug-likeness (QED) is 0.866. The Morgan fingerprint density at radius 1 is 1.33 bits per heavy atom. The van der Waals surface area contributed by atoms with E-state index in [0.29, 0.717) is 0 Å². The van der Waals surface area contributed by atoms with Gasteiger partial charge in [0.1, 0.15) is 11.9 Å². The number of hydrogen-bond donors (Lipinski definition) is 2. The van der Waals surface area contributed by atoms with Crippen molar-refractivity contribution in [3.8, 4) is 5.75 Å². The van der Waals surface area contributed by atoms with E-state index in [9.17, 15) is 5.11 Å². The highest BCUT2D eigenvalue weighted by Crippen LogP contribution is 2.29. The fraction of sp³-hybridized carbons (Fsp3) is 0.600. The molecule has 3 atom stereocenters. The van der Waals surface area contributed by atoms with E-state index >= 15 is 0 Å². The van der Waals surface area contributed by atoms with Crippen LogP contribution in [-0.2, 0) is 0 Å². The normalized spacial score (nSPS) is 25.8. The Bertz CT molecular complexity index is 403. The minimum absolute atomic E-state index is 0.0543. The molecular formula is C15H23NO2. The molecule has 0 bridgehead atoms. The number of ether oxygens (including phenoxy) is 1. The van der Waals surface area contributed by atoms with Crippen LogP contribution in [0, 0.1) is 6.92 Å². The molecule has 0 spiro atoms. The molecule has 1 aromatic carbocycles. The molecule has 3 heteroatoms. The number of nitrogens with two attached hydrogens (primary N) is 1. The van der Waals surface area contributed by atoms with E-state index in [1.807, 2.05) is 32.0 Å². The first-order valence-electron chi connectivity index (χ1n) is 6.79. The second kappa shape index (κ2) is 5.72. The van der Waals surface area contributed by atoms with E-state index in [0.717, 1.165) is 42.6 Å². The monoisotopic (exact) mass is 249 g/mol. The molecule has 1 aliphatic carbocycles. The van der Waals surface area contributed by atoms with Gasteiger partial charge in [-0.2, -0.15) is 0 Å². The van der Waals surface area contributed by atoms with Crippen LogP contribution in [-0.4, -0.2) is 17.3 Å². The molecule has 1 fully saturated rings. The summed E-state index contributed by atoms with van der Waals surface area (Å²) >= 11 is 0. The van der Waals surface area contributed by atoms with E-state index in [-0.39, 0.29) is 18.2 Å². The van der Waals surface area contributed by atoms with Crippen LogP contribution >= 0.6 is 0 Å². The van der Waals surface area contributed by atoms with Gasteiger partial charge in [0.25, 0.3) is 0 Å². The van der Waals surface area contributed by atoms with E-state index in [1.165, 1.54) is 0 Å². The van der Waals surface area contributed by atoms with E-state index in [4.69, 9.17) is 10.5 Å². The third-order valence-electron chi connectivity index (χ3n) is 3.61. The van der Waals surface area contributed by atoms with Crippen LogP contribution in [0.4, 0.5) is 0 Å². The van der Waals surface area contributed by atoms with Gasteiger partial charge in [-0.15, -0.1) is 0 Å². The first-order valence-corrected chi connectivity index (χ1v) is 6.79. The van der Waals surface area contributed by atoms with E-state index in [1.54, 1.807) is 0 Å². The lowest BCUT2D eigenvalue weighted by molar-refractivity contribution is 0.00624. The van der Waals surface area contributed by atoms with Crippen molar-refractivity contribution < 1.29 is 9.84 Å². The van der Waals surface area contributed by atoms with E-state index in [2.05, 4.69) is 0 Å². The fourth-order valence-electron chi connectivity index (χ4n) is 2.50. The molecule has 3 N–H and O–H groups in total. The smallest absolute Gasteiger partial charge is 0.124 e. The van der Waals surface area contributed by atoms with Crippen molar-refractivity contribution in [1.82, 2.24) is 0 Å². The summed E-state index contributed by atoms with van der Waals surface area (Å²) in [6.07, 6.45) is 3.55. The molecule has 0 saturated heterocycles. The molecular weight excluding hydrogens is 226 g/mol. The number of hydrogen-bond acceptors (Lipinski definition) is 3. The largest absolute Gasteiger partial charge is 0.487 e. The first-order chi connectivity index (χ1) is 8.58. The predicted molar refractivity (Wildman–Crippen MR) is 72.7 cm³/mol. The summed E-state index contributed by atoms with van der Waals surface area (Å²) < 4.78 is 6.01. The van der Waals surface area contributed by atoms with Crippen molar-refractivity contribution in [1.29, 1.82) is 0 Å². The highest BCUT2D eigenvalue weighted by molar-refractivity contribution is 5.39. The molecule has 0 amide bonds. The summed E-state index contributed by atoms with van der Waals surface area (Å²) in [7, 11) is 0. The van der Waals surface area contributed by atoms with Gasteiger partial charge in [-0.05, 0) is 44.7 Å². The Hall–Kier alpha value is -1.06. The summed E-state index contributed by atoms with van der Waals surface area (Å²) in [6, 6.07) is 6.02. The first kappa shape index (κ1) is 13.4. The molecule has 0 heterocycles. The lowest BCUT2D eigenvalue weighted by atomic mass is 9.94. The van der Waals surface area contributed by atoms with Crippen molar-refractivity contribution in [2.24, 2.45) is 5.73 Å². The van der Waals surface area contributed by atoms with Gasteiger partial charge in [0.05, 0.1) is 6.10 Å². The lowest BCUT2D eigenvalue weighted by Crippen LogP contribution is -2.35. The van der Waals surface area contributed by atoms with Crippen LogP contribution < -0.4 is 10.5 Å². The number of aliphatic hydroxyl groups excluding tert-OH is 1. The minimum atomic E-state index is -0.347. The molecule has 2 rings (SSSR count). The van der Waals surface area contributed by atoms with Crippen molar-refractivity contribution in [3.05, 3.63) is 29.3 Å². The van der Waals surface area contributed by atoms with Crippen molar-refractivity contribution >= 4 is 0 Å². The number of aliphatic hydroxyl groups is 1. The van der Waals surface area contributed by atoms with Gasteiger partial charge < -0.3 is 15.6 Å². The number of aryl methyl sites for hydroxylation is 1. The summed E-state index contributed by atoms with van der Waals surface area (Å²) in [5, 5.41) is 9.97. The van der Waals surface area contributed by atoms with Gasteiger partial charge in [0.2, 0.25) is 0 Å². The van der Waals surface area contributed by atoms with Crippen LogP contribution in [0.5, 0.6) is 5.75 Å². The SMILES string of the molecule is Cc1ccc([C@H](C)N)c(OC2CCCCC2O)c1. The van der Waals surface area contributed by atoms with Crippen molar-refractivity contribution in [3.63, 3.8) is 0 Å². The van der Waals surface area contributed by atoms with Crippen molar-refractivity contribution in [2.75, 3.05) is 0 Å². The highest BCUT2D eigenvalue weighted by atomic mass is 16.5. The van der Waals surface area contributed by atoms with Crippen LogP contribution in [0.15, 0.2) is 18.2 Å². The Balaban J connectivity index is 2.18. The standard InChI is InChI=1S/C15H23NO2/c1-10-7-8-12(11(2)16)15(9-10)18-14-6-4-3-5-13(14)17/h7-9,11,13-14,17H,3-6,16H2,1-2H3/t11-,13?,14?/m0/s1. The molecule has 0 aromatic heterocycles. The minimum Gasteiger partial charge on any atom is -0.487 e. The van der Waals surface area contributed by atoms with E-state index < -0.39 is 0 Å². The van der Waals surface area contributed by atoms with Gasteiger partial charge in [-0.1, -0.05) is 18.6 Å². The second-order valence-electron chi connectivity index (χ2n) is 5.34. The zero-order chi connectivity index (χ0) is 13.1. The molecule has 0 radical (unpaired) electrons. The van der Waals surface area contributed by atoms with Crippen LogP contribution in [0.2, 0.25) is 0 Å². The topological polar surface area (TPSA) is 55.5 Å². The Morgan fingerprint density at radius 2 is 2.06 bits per heavy atom. The summed E-state index contributed by atoms with van der Waals surface area (Å²) in [4.78, 5) is 0. The molecule has 2 unspecified atom stereocenters. The molecule has 100 valence electrons. The summed E-state index contributed by atoms with van der Waals surface area (Å²) in [5.74, 6) is 0.830. The Morgan fingerprint density at radius 3 is 2.72 bits per heavy atom.